The molecule has 0 radical (unpaired) electrons. The number of hydrogen-bond donors (Lipinski definition) is 1. The van der Waals surface area contributed by atoms with Crippen LogP contribution in [-0.4, -0.2) is 63.2 Å². The topological polar surface area (TPSA) is 118 Å². The fourth-order valence-corrected chi connectivity index (χ4v) is 4.25. The number of anilines is 1. The van der Waals surface area contributed by atoms with Gasteiger partial charge in [0.1, 0.15) is 36.1 Å². The van der Waals surface area contributed by atoms with Crippen LogP contribution in [0.5, 0.6) is 17.4 Å². The van der Waals surface area contributed by atoms with E-state index in [-0.39, 0.29) is 12.7 Å². The molecule has 4 aromatic rings. The average molecular weight is 501 g/mol. The number of nitrogens with zero attached hydrogens (tertiary/aromatic N) is 6. The highest BCUT2D eigenvalue weighted by Gasteiger charge is 2.25. The quantitative estimate of drug-likeness (QED) is 0.388. The monoisotopic (exact) mass is 500 g/mol. The minimum absolute atomic E-state index is 0.0332. The molecule has 1 saturated heterocycles. The van der Waals surface area contributed by atoms with Gasteiger partial charge in [0.2, 0.25) is 5.88 Å². The van der Waals surface area contributed by atoms with Gasteiger partial charge < -0.3 is 24.2 Å². The zero-order chi connectivity index (χ0) is 26.0. The van der Waals surface area contributed by atoms with Crippen LogP contribution < -0.4 is 19.1 Å². The summed E-state index contributed by atoms with van der Waals surface area (Å²) >= 11 is 0. The first-order chi connectivity index (χ1) is 17.8. The normalized spacial score (nSPS) is 15.5. The lowest BCUT2D eigenvalue weighted by Gasteiger charge is -2.19. The Kier molecular flexibility index (Phi) is 6.54. The van der Waals surface area contributed by atoms with Gasteiger partial charge in [-0.25, -0.2) is 14.5 Å². The van der Waals surface area contributed by atoms with Crippen molar-refractivity contribution in [3.8, 4) is 34.6 Å². The summed E-state index contributed by atoms with van der Waals surface area (Å²) in [6, 6.07) is 11.6. The molecule has 0 bridgehead atoms. The van der Waals surface area contributed by atoms with Gasteiger partial charge in [0.25, 0.3) is 0 Å². The highest BCUT2D eigenvalue weighted by atomic mass is 16.5. The molecule has 0 aliphatic carbocycles. The van der Waals surface area contributed by atoms with Gasteiger partial charge in [-0.15, -0.1) is 0 Å². The van der Waals surface area contributed by atoms with Crippen molar-refractivity contribution >= 4 is 11.3 Å². The zero-order valence-corrected chi connectivity index (χ0v) is 21.0. The number of ether oxygens (including phenoxy) is 3. The van der Waals surface area contributed by atoms with Crippen molar-refractivity contribution in [1.29, 1.82) is 5.26 Å². The SMILES string of the molecule is COc1ccc(OC2CCN(c3ccc(-c4cc(OCC(C)(C)O)cn5ncc(C#N)c45)cn3)C2)cn1. The Morgan fingerprint density at radius 2 is 2.00 bits per heavy atom. The zero-order valence-electron chi connectivity index (χ0n) is 21.0. The lowest BCUT2D eigenvalue weighted by atomic mass is 10.1. The fraction of sp³-hybridized carbons (Fsp3) is 0.333. The van der Waals surface area contributed by atoms with E-state index in [2.05, 4.69) is 21.1 Å². The number of fused-ring (bicyclic) bond motifs is 1. The second kappa shape index (κ2) is 9.95. The molecule has 4 aromatic heterocycles. The van der Waals surface area contributed by atoms with E-state index in [4.69, 9.17) is 19.2 Å². The summed E-state index contributed by atoms with van der Waals surface area (Å²) in [6.07, 6.45) is 7.60. The Labute approximate surface area is 214 Å². The first-order valence-electron chi connectivity index (χ1n) is 12.0. The summed E-state index contributed by atoms with van der Waals surface area (Å²) in [4.78, 5) is 11.1. The molecule has 1 N–H and O–H groups in total. The number of nitriles is 1. The minimum atomic E-state index is -0.985. The van der Waals surface area contributed by atoms with Gasteiger partial charge in [-0.2, -0.15) is 10.4 Å². The van der Waals surface area contributed by atoms with E-state index >= 15 is 0 Å². The van der Waals surface area contributed by atoms with Crippen molar-refractivity contribution in [2.24, 2.45) is 0 Å². The predicted octanol–water partition coefficient (Wildman–Crippen LogP) is 3.48. The molecule has 1 fully saturated rings. The molecule has 5 rings (SSSR count). The van der Waals surface area contributed by atoms with Crippen LogP contribution in [0, 0.1) is 11.3 Å². The average Bonchev–Trinajstić information content (AvgIpc) is 3.54. The van der Waals surface area contributed by atoms with Crippen molar-refractivity contribution in [3.63, 3.8) is 0 Å². The molecule has 1 unspecified atom stereocenters. The Balaban J connectivity index is 1.35. The number of methoxy groups -OCH3 is 1. The van der Waals surface area contributed by atoms with Gasteiger partial charge >= 0.3 is 0 Å². The maximum absolute atomic E-state index is 10.1. The van der Waals surface area contributed by atoms with Crippen LogP contribution in [0.15, 0.2) is 55.1 Å². The van der Waals surface area contributed by atoms with E-state index in [9.17, 15) is 10.4 Å². The molecule has 0 saturated carbocycles. The molecule has 10 nitrogen and oxygen atoms in total. The van der Waals surface area contributed by atoms with E-state index in [0.717, 1.165) is 29.9 Å². The van der Waals surface area contributed by atoms with Gasteiger partial charge in [0, 0.05) is 36.4 Å². The van der Waals surface area contributed by atoms with Gasteiger partial charge in [0.05, 0.1) is 48.9 Å². The molecule has 1 atom stereocenters. The molecule has 0 aromatic carbocycles. The smallest absolute Gasteiger partial charge is 0.213 e. The standard InChI is InChI=1S/C27H28N6O4/c1-27(2,34)17-36-22-10-23(26-19(11-28)13-31-33(26)16-22)18-4-6-24(29-12-18)32-9-8-21(15-32)37-20-5-7-25(35-3)30-14-20/h4-7,10,12-14,16,21,34H,8-9,15,17H2,1-3H3. The van der Waals surface area contributed by atoms with Crippen LogP contribution in [-0.2, 0) is 0 Å². The van der Waals surface area contributed by atoms with Gasteiger partial charge in [-0.3, -0.25) is 0 Å². The minimum Gasteiger partial charge on any atom is -0.489 e. The van der Waals surface area contributed by atoms with E-state index in [1.54, 1.807) is 50.1 Å². The third-order valence-corrected chi connectivity index (χ3v) is 6.05. The molecular weight excluding hydrogens is 472 g/mol. The lowest BCUT2D eigenvalue weighted by Crippen LogP contribution is -2.27. The Hall–Kier alpha value is -4.36. The van der Waals surface area contributed by atoms with Crippen molar-refractivity contribution in [3.05, 3.63) is 60.7 Å². The molecule has 5 heterocycles. The molecule has 10 heteroatoms. The Morgan fingerprint density at radius 3 is 2.68 bits per heavy atom. The highest BCUT2D eigenvalue weighted by Crippen LogP contribution is 2.32. The molecule has 1 aliphatic heterocycles. The maximum atomic E-state index is 10.1. The number of aliphatic hydroxyl groups is 1. The second-order valence-corrected chi connectivity index (χ2v) is 9.57. The number of pyridine rings is 3. The third-order valence-electron chi connectivity index (χ3n) is 6.05. The van der Waals surface area contributed by atoms with Gasteiger partial charge in [-0.1, -0.05) is 0 Å². The van der Waals surface area contributed by atoms with Crippen molar-refractivity contribution in [1.82, 2.24) is 19.6 Å². The molecular formula is C27H28N6O4. The summed E-state index contributed by atoms with van der Waals surface area (Å²) in [5, 5.41) is 24.0. The fourth-order valence-electron chi connectivity index (χ4n) is 4.25. The lowest BCUT2D eigenvalue weighted by molar-refractivity contribution is 0.0283. The largest absolute Gasteiger partial charge is 0.489 e. The number of hydrogen-bond acceptors (Lipinski definition) is 9. The summed E-state index contributed by atoms with van der Waals surface area (Å²) in [7, 11) is 1.58. The highest BCUT2D eigenvalue weighted by molar-refractivity contribution is 5.85. The van der Waals surface area contributed by atoms with E-state index in [1.165, 1.54) is 6.20 Å². The van der Waals surface area contributed by atoms with Crippen LogP contribution in [0.4, 0.5) is 5.82 Å². The van der Waals surface area contributed by atoms with Crippen LogP contribution in [0.2, 0.25) is 0 Å². The van der Waals surface area contributed by atoms with E-state index < -0.39 is 5.60 Å². The number of aromatic nitrogens is 4. The van der Waals surface area contributed by atoms with Gasteiger partial charge in [-0.05, 0) is 38.1 Å². The van der Waals surface area contributed by atoms with Crippen LogP contribution in [0.25, 0.3) is 16.6 Å². The third kappa shape index (κ3) is 5.42. The summed E-state index contributed by atoms with van der Waals surface area (Å²) in [6.45, 7) is 5.01. The first kappa shape index (κ1) is 24.3. The van der Waals surface area contributed by atoms with Gasteiger partial charge in [0.15, 0.2) is 0 Å². The molecule has 0 amide bonds. The molecule has 0 spiro atoms. The summed E-state index contributed by atoms with van der Waals surface area (Å²) < 4.78 is 18.6. The molecule has 190 valence electrons. The van der Waals surface area contributed by atoms with Crippen LogP contribution in [0.1, 0.15) is 25.8 Å². The predicted molar refractivity (Wildman–Crippen MR) is 137 cm³/mol. The van der Waals surface area contributed by atoms with Crippen LogP contribution >= 0.6 is 0 Å². The Morgan fingerprint density at radius 1 is 1.14 bits per heavy atom. The van der Waals surface area contributed by atoms with E-state index in [0.29, 0.717) is 35.0 Å². The second-order valence-electron chi connectivity index (χ2n) is 9.57. The summed E-state index contributed by atoms with van der Waals surface area (Å²) in [5.74, 6) is 2.64. The number of rotatable bonds is 8. The maximum Gasteiger partial charge on any atom is 0.213 e. The molecule has 37 heavy (non-hydrogen) atoms. The molecule has 1 aliphatic rings. The van der Waals surface area contributed by atoms with Crippen LogP contribution in [0.3, 0.4) is 0 Å². The Bertz CT molecular complexity index is 1420. The van der Waals surface area contributed by atoms with E-state index in [1.807, 2.05) is 24.3 Å². The van der Waals surface area contributed by atoms with Crippen molar-refractivity contribution < 1.29 is 19.3 Å². The summed E-state index contributed by atoms with van der Waals surface area (Å²) in [5.41, 5.74) is 1.75. The van der Waals surface area contributed by atoms with Crippen molar-refractivity contribution in [2.45, 2.75) is 32.0 Å². The first-order valence-corrected chi connectivity index (χ1v) is 12.0. The van der Waals surface area contributed by atoms with Crippen molar-refractivity contribution in [2.75, 3.05) is 31.7 Å².